The third-order valence-corrected chi connectivity index (χ3v) is 3.95. The molecule has 3 amide bonds. The number of hydrogen-bond donors (Lipinski definition) is 9. The molecular formula is C16H24N6O9. The first kappa shape index (κ1) is 25.5. The summed E-state index contributed by atoms with van der Waals surface area (Å²) < 4.78 is 0. The van der Waals surface area contributed by atoms with E-state index < -0.39 is 73.5 Å². The fraction of sp³-hybridized carbons (Fsp3) is 0.500. The summed E-state index contributed by atoms with van der Waals surface area (Å²) in [4.78, 5) is 65.1. The molecule has 0 radical (unpaired) electrons. The van der Waals surface area contributed by atoms with Crippen molar-refractivity contribution >= 4 is 29.7 Å². The molecule has 172 valence electrons. The SMILES string of the molecule is NC(CO)C(=O)NC(Cc1cnc[nH]1)C(=O)NC(CO)C(=O)NC(CC(=O)O)C(=O)O. The van der Waals surface area contributed by atoms with E-state index in [0.717, 1.165) is 0 Å². The number of amides is 3. The number of carbonyl (C=O) groups excluding carboxylic acids is 3. The van der Waals surface area contributed by atoms with Crippen LogP contribution >= 0.6 is 0 Å². The summed E-state index contributed by atoms with van der Waals surface area (Å²) in [6.07, 6.45) is 1.65. The van der Waals surface area contributed by atoms with Gasteiger partial charge in [0.05, 0.1) is 26.0 Å². The molecule has 0 saturated carbocycles. The van der Waals surface area contributed by atoms with Crippen molar-refractivity contribution in [3.63, 3.8) is 0 Å². The fourth-order valence-electron chi connectivity index (χ4n) is 2.30. The zero-order valence-electron chi connectivity index (χ0n) is 16.1. The second-order valence-electron chi connectivity index (χ2n) is 6.37. The van der Waals surface area contributed by atoms with E-state index in [0.29, 0.717) is 5.69 Å². The summed E-state index contributed by atoms with van der Waals surface area (Å²) >= 11 is 0. The van der Waals surface area contributed by atoms with Gasteiger partial charge in [0.2, 0.25) is 17.7 Å². The first-order chi connectivity index (χ1) is 14.6. The van der Waals surface area contributed by atoms with Gasteiger partial charge in [0.25, 0.3) is 0 Å². The lowest BCUT2D eigenvalue weighted by atomic mass is 10.1. The molecule has 1 aromatic heterocycles. The maximum Gasteiger partial charge on any atom is 0.326 e. The molecule has 15 nitrogen and oxygen atoms in total. The second kappa shape index (κ2) is 12.2. The lowest BCUT2D eigenvalue weighted by Crippen LogP contribution is -2.59. The van der Waals surface area contributed by atoms with Gasteiger partial charge >= 0.3 is 11.9 Å². The van der Waals surface area contributed by atoms with Crippen molar-refractivity contribution in [3.8, 4) is 0 Å². The second-order valence-corrected chi connectivity index (χ2v) is 6.37. The van der Waals surface area contributed by atoms with Crippen LogP contribution in [0, 0.1) is 0 Å². The maximum absolute atomic E-state index is 12.6. The third kappa shape index (κ3) is 8.37. The summed E-state index contributed by atoms with van der Waals surface area (Å²) in [6, 6.07) is -6.06. The van der Waals surface area contributed by atoms with Gasteiger partial charge in [-0.2, -0.15) is 0 Å². The molecule has 1 heterocycles. The Balaban J connectivity index is 2.91. The van der Waals surface area contributed by atoms with Gasteiger partial charge in [-0.1, -0.05) is 0 Å². The molecule has 0 aliphatic heterocycles. The summed E-state index contributed by atoms with van der Waals surface area (Å²) in [5, 5.41) is 42.5. The van der Waals surface area contributed by atoms with Crippen molar-refractivity contribution in [1.82, 2.24) is 25.9 Å². The molecule has 0 fully saturated rings. The molecule has 1 rings (SSSR count). The quantitative estimate of drug-likeness (QED) is 0.139. The molecule has 0 saturated heterocycles. The Bertz CT molecular complexity index is 785. The highest BCUT2D eigenvalue weighted by Gasteiger charge is 2.31. The highest BCUT2D eigenvalue weighted by Crippen LogP contribution is 2.01. The van der Waals surface area contributed by atoms with E-state index in [2.05, 4.69) is 20.6 Å². The molecule has 0 aliphatic carbocycles. The Hall–Kier alpha value is -3.56. The topological polar surface area (TPSA) is 257 Å². The predicted molar refractivity (Wildman–Crippen MR) is 100 cm³/mol. The number of aliphatic hydroxyl groups excluding tert-OH is 2. The average molecular weight is 444 g/mol. The number of carboxylic acid groups (broad SMARTS) is 2. The van der Waals surface area contributed by atoms with Crippen LogP contribution in [-0.4, -0.2) is 97.4 Å². The fourth-order valence-corrected chi connectivity index (χ4v) is 2.30. The van der Waals surface area contributed by atoms with Gasteiger partial charge in [0.1, 0.15) is 24.2 Å². The number of nitrogens with zero attached hydrogens (tertiary/aromatic N) is 1. The van der Waals surface area contributed by atoms with Gasteiger partial charge in [-0.15, -0.1) is 0 Å². The highest BCUT2D eigenvalue weighted by atomic mass is 16.4. The first-order valence-corrected chi connectivity index (χ1v) is 8.89. The van der Waals surface area contributed by atoms with Crippen LogP contribution in [0.25, 0.3) is 0 Å². The van der Waals surface area contributed by atoms with E-state index in [4.69, 9.17) is 21.1 Å². The number of H-pyrrole nitrogens is 1. The Labute approximate surface area is 175 Å². The van der Waals surface area contributed by atoms with Crippen LogP contribution in [0.3, 0.4) is 0 Å². The van der Waals surface area contributed by atoms with Crippen LogP contribution in [0.4, 0.5) is 0 Å². The Morgan fingerprint density at radius 2 is 1.52 bits per heavy atom. The number of nitrogens with one attached hydrogen (secondary N) is 4. The summed E-state index contributed by atoms with van der Waals surface area (Å²) in [6.45, 7) is -1.64. The summed E-state index contributed by atoms with van der Waals surface area (Å²) in [5.41, 5.74) is 5.84. The Morgan fingerprint density at radius 3 is 2.00 bits per heavy atom. The van der Waals surface area contributed by atoms with E-state index in [1.54, 1.807) is 0 Å². The van der Waals surface area contributed by atoms with E-state index in [9.17, 15) is 29.1 Å². The van der Waals surface area contributed by atoms with Crippen molar-refractivity contribution in [2.75, 3.05) is 13.2 Å². The smallest absolute Gasteiger partial charge is 0.326 e. The normalized spacial score (nSPS) is 14.5. The Kier molecular flexibility index (Phi) is 10.0. The Morgan fingerprint density at radius 1 is 0.935 bits per heavy atom. The number of aromatic nitrogens is 2. The number of rotatable bonds is 13. The van der Waals surface area contributed by atoms with Crippen LogP contribution in [0.2, 0.25) is 0 Å². The third-order valence-electron chi connectivity index (χ3n) is 3.95. The average Bonchev–Trinajstić information content (AvgIpc) is 3.22. The van der Waals surface area contributed by atoms with Crippen molar-refractivity contribution in [1.29, 1.82) is 0 Å². The molecule has 31 heavy (non-hydrogen) atoms. The predicted octanol–water partition coefficient (Wildman–Crippen LogP) is -4.72. The van der Waals surface area contributed by atoms with Crippen LogP contribution in [0.15, 0.2) is 12.5 Å². The lowest BCUT2D eigenvalue weighted by Gasteiger charge is -2.23. The van der Waals surface area contributed by atoms with Crippen molar-refractivity contribution in [3.05, 3.63) is 18.2 Å². The highest BCUT2D eigenvalue weighted by molar-refractivity contribution is 5.94. The number of aliphatic carboxylic acids is 2. The van der Waals surface area contributed by atoms with Crippen molar-refractivity contribution in [2.24, 2.45) is 5.73 Å². The molecular weight excluding hydrogens is 420 g/mol. The number of imidazole rings is 1. The van der Waals surface area contributed by atoms with Crippen LogP contribution in [0.5, 0.6) is 0 Å². The monoisotopic (exact) mass is 444 g/mol. The van der Waals surface area contributed by atoms with Gasteiger partial charge in [-0.25, -0.2) is 9.78 Å². The summed E-state index contributed by atoms with van der Waals surface area (Å²) in [5.74, 6) is -6.06. The minimum absolute atomic E-state index is 0.119. The number of carboxylic acids is 2. The zero-order valence-corrected chi connectivity index (χ0v) is 16.1. The number of aromatic amines is 1. The van der Waals surface area contributed by atoms with Crippen molar-refractivity contribution in [2.45, 2.75) is 37.0 Å². The van der Waals surface area contributed by atoms with E-state index in [1.807, 2.05) is 5.32 Å². The maximum atomic E-state index is 12.6. The first-order valence-electron chi connectivity index (χ1n) is 8.89. The largest absolute Gasteiger partial charge is 0.481 e. The molecule has 4 unspecified atom stereocenters. The molecule has 10 N–H and O–H groups in total. The van der Waals surface area contributed by atoms with Gasteiger partial charge in [-0.3, -0.25) is 19.2 Å². The minimum Gasteiger partial charge on any atom is -0.481 e. The van der Waals surface area contributed by atoms with Gasteiger partial charge in [0.15, 0.2) is 0 Å². The molecule has 0 aliphatic rings. The van der Waals surface area contributed by atoms with Crippen LogP contribution in [-0.2, 0) is 30.4 Å². The number of nitrogens with two attached hydrogens (primary N) is 1. The van der Waals surface area contributed by atoms with E-state index in [-0.39, 0.29) is 6.42 Å². The van der Waals surface area contributed by atoms with Gasteiger partial charge < -0.3 is 47.1 Å². The lowest BCUT2D eigenvalue weighted by molar-refractivity contribution is -0.147. The van der Waals surface area contributed by atoms with E-state index in [1.165, 1.54) is 12.5 Å². The zero-order chi connectivity index (χ0) is 23.6. The molecule has 4 atom stereocenters. The van der Waals surface area contributed by atoms with Crippen molar-refractivity contribution < 1.29 is 44.4 Å². The molecule has 0 spiro atoms. The van der Waals surface area contributed by atoms with Gasteiger partial charge in [0, 0.05) is 18.3 Å². The standard InChI is InChI=1S/C16H24N6O9/c17-8(4-23)13(27)20-9(1-7-3-18-6-19-7)14(28)22-11(5-24)15(29)21-10(16(30)31)2-12(25)26/h3,6,8-11,23-24H,1-2,4-5,17H2,(H,18,19)(H,20,27)(H,21,29)(H,22,28)(H,25,26)(H,30,31). The van der Waals surface area contributed by atoms with Crippen LogP contribution < -0.4 is 21.7 Å². The number of hydrogen-bond acceptors (Lipinski definition) is 9. The molecule has 15 heteroatoms. The van der Waals surface area contributed by atoms with Gasteiger partial charge in [-0.05, 0) is 0 Å². The summed E-state index contributed by atoms with van der Waals surface area (Å²) in [7, 11) is 0. The van der Waals surface area contributed by atoms with Crippen LogP contribution in [0.1, 0.15) is 12.1 Å². The number of carbonyl (C=O) groups is 5. The molecule has 0 aromatic carbocycles. The van der Waals surface area contributed by atoms with E-state index >= 15 is 0 Å². The minimum atomic E-state index is -1.79. The molecule has 0 bridgehead atoms. The number of aliphatic hydroxyl groups is 2. The molecule has 1 aromatic rings.